The fourth-order valence-corrected chi connectivity index (χ4v) is 5.32. The molecule has 0 radical (unpaired) electrons. The van der Waals surface area contributed by atoms with Crippen LogP contribution in [0.5, 0.6) is 0 Å². The number of hydrogen-bond acceptors (Lipinski definition) is 6. The molecule has 2 aromatic heterocycles. The van der Waals surface area contributed by atoms with E-state index in [9.17, 15) is 14.4 Å². The maximum absolute atomic E-state index is 13.6. The molecule has 1 aliphatic heterocycles. The molecule has 1 N–H and O–H groups in total. The van der Waals surface area contributed by atoms with Crippen molar-refractivity contribution in [1.29, 1.82) is 0 Å². The number of pyridine rings is 1. The molecule has 2 aromatic rings. The summed E-state index contributed by atoms with van der Waals surface area (Å²) in [5, 5.41) is 3.00. The van der Waals surface area contributed by atoms with Crippen LogP contribution in [0.1, 0.15) is 76.7 Å². The van der Waals surface area contributed by atoms with Gasteiger partial charge in [0.15, 0.2) is 5.69 Å². The Morgan fingerprint density at radius 2 is 1.83 bits per heavy atom. The van der Waals surface area contributed by atoms with Crippen LogP contribution in [-0.4, -0.2) is 57.0 Å². The van der Waals surface area contributed by atoms with E-state index in [0.29, 0.717) is 23.8 Å². The van der Waals surface area contributed by atoms with E-state index in [1.165, 1.54) is 19.3 Å². The van der Waals surface area contributed by atoms with E-state index >= 15 is 0 Å². The molecule has 1 saturated heterocycles. The van der Waals surface area contributed by atoms with Crippen molar-refractivity contribution in [2.45, 2.75) is 77.9 Å². The molecule has 9 nitrogen and oxygen atoms in total. The predicted molar refractivity (Wildman–Crippen MR) is 131 cm³/mol. The highest BCUT2D eigenvalue weighted by molar-refractivity contribution is 5.97. The normalized spacial score (nSPS) is 21.2. The number of amides is 2. The molecule has 2 atom stereocenters. The van der Waals surface area contributed by atoms with Crippen molar-refractivity contribution >= 4 is 29.3 Å². The first-order valence-corrected chi connectivity index (χ1v) is 12.6. The summed E-state index contributed by atoms with van der Waals surface area (Å²) in [6, 6.07) is 2.90. The van der Waals surface area contributed by atoms with Crippen LogP contribution in [0.25, 0.3) is 5.65 Å². The summed E-state index contributed by atoms with van der Waals surface area (Å²) in [5.74, 6) is -0.171. The number of nitrogens with one attached hydrogen (secondary N) is 1. The number of hydrogen-bond donors (Lipinski definition) is 1. The fraction of sp³-hybridized carbons (Fsp3) is 0.615. The minimum absolute atomic E-state index is 0.107. The summed E-state index contributed by atoms with van der Waals surface area (Å²) in [7, 11) is 0. The third-order valence-electron chi connectivity index (χ3n) is 6.80. The van der Waals surface area contributed by atoms with Crippen LogP contribution >= 0.6 is 0 Å². The van der Waals surface area contributed by atoms with Gasteiger partial charge in [0.25, 0.3) is 0 Å². The minimum atomic E-state index is -0.635. The summed E-state index contributed by atoms with van der Waals surface area (Å²) in [6.45, 7) is 8.02. The molecule has 0 aromatic carbocycles. The summed E-state index contributed by atoms with van der Waals surface area (Å²) in [5.41, 5.74) is 0.708. The van der Waals surface area contributed by atoms with Crippen LogP contribution in [-0.2, 0) is 14.3 Å². The van der Waals surface area contributed by atoms with Gasteiger partial charge < -0.3 is 19.2 Å². The summed E-state index contributed by atoms with van der Waals surface area (Å²) in [6.07, 6.45) is 9.40. The van der Waals surface area contributed by atoms with Gasteiger partial charge in [0.2, 0.25) is 5.91 Å². The summed E-state index contributed by atoms with van der Waals surface area (Å²) in [4.78, 5) is 44.5. The van der Waals surface area contributed by atoms with Gasteiger partial charge in [0, 0.05) is 18.9 Å². The number of fused-ring (bicyclic) bond motifs is 1. The van der Waals surface area contributed by atoms with E-state index in [0.717, 1.165) is 19.3 Å². The smallest absolute Gasteiger partial charge is 0.410 e. The third kappa shape index (κ3) is 5.77. The van der Waals surface area contributed by atoms with Crippen molar-refractivity contribution in [2.24, 2.45) is 11.8 Å². The first-order chi connectivity index (χ1) is 16.7. The number of rotatable bonds is 5. The van der Waals surface area contributed by atoms with Gasteiger partial charge in [-0.25, -0.2) is 14.6 Å². The van der Waals surface area contributed by atoms with Crippen molar-refractivity contribution in [2.75, 3.05) is 18.5 Å². The van der Waals surface area contributed by atoms with Crippen LogP contribution in [0.2, 0.25) is 0 Å². The molecule has 0 bridgehead atoms. The average molecular weight is 485 g/mol. The second-order valence-electron chi connectivity index (χ2n) is 10.5. The SMILES string of the molecule is CCOC(=O)c1cn2cc(NC(=O)[C@@H]3[C@H](C4CCCCC4)CCN3C(=O)OC(C)(C)C)ccc2n1. The molecule has 35 heavy (non-hydrogen) atoms. The Balaban J connectivity index is 1.55. The maximum atomic E-state index is 13.6. The van der Waals surface area contributed by atoms with E-state index in [2.05, 4.69) is 10.3 Å². The standard InChI is InChI=1S/C26H36N4O5/c1-5-34-24(32)20-16-29-15-18(11-12-21(29)28-20)27-23(31)22-19(17-9-7-6-8-10-17)13-14-30(22)25(33)35-26(2,3)4/h11-12,15-17,19,22H,5-10,13-14H2,1-4H3,(H,27,31)/t19-,22-/m0/s1. The summed E-state index contributed by atoms with van der Waals surface area (Å²) >= 11 is 0. The summed E-state index contributed by atoms with van der Waals surface area (Å²) < 4.78 is 12.3. The Bertz CT molecular complexity index is 1080. The van der Waals surface area contributed by atoms with Crippen LogP contribution in [0.4, 0.5) is 10.5 Å². The Hall–Kier alpha value is -3.10. The van der Waals surface area contributed by atoms with Crippen LogP contribution in [0, 0.1) is 11.8 Å². The molecule has 2 fully saturated rings. The first-order valence-electron chi connectivity index (χ1n) is 12.6. The Morgan fingerprint density at radius 1 is 1.09 bits per heavy atom. The van der Waals surface area contributed by atoms with E-state index in [1.807, 2.05) is 20.8 Å². The highest BCUT2D eigenvalue weighted by atomic mass is 16.6. The zero-order valence-corrected chi connectivity index (χ0v) is 21.1. The van der Waals surface area contributed by atoms with Gasteiger partial charge in [-0.05, 0) is 58.1 Å². The predicted octanol–water partition coefficient (Wildman–Crippen LogP) is 4.66. The monoisotopic (exact) mass is 484 g/mol. The van der Waals surface area contributed by atoms with E-state index in [4.69, 9.17) is 9.47 Å². The second kappa shape index (κ2) is 10.3. The lowest BCUT2D eigenvalue weighted by molar-refractivity contribution is -0.122. The molecule has 2 amide bonds. The number of carbonyl (C=O) groups excluding carboxylic acids is 3. The van der Waals surface area contributed by atoms with Crippen LogP contribution in [0.3, 0.4) is 0 Å². The Labute approximate surface area is 206 Å². The van der Waals surface area contributed by atoms with Crippen LogP contribution in [0.15, 0.2) is 24.5 Å². The molecule has 3 heterocycles. The van der Waals surface area contributed by atoms with E-state index in [1.54, 1.807) is 40.8 Å². The topological polar surface area (TPSA) is 102 Å². The van der Waals surface area contributed by atoms with E-state index < -0.39 is 23.7 Å². The molecule has 4 rings (SSSR count). The zero-order valence-electron chi connectivity index (χ0n) is 21.1. The zero-order chi connectivity index (χ0) is 25.2. The molecule has 0 unspecified atom stereocenters. The molecule has 1 saturated carbocycles. The Morgan fingerprint density at radius 3 is 2.51 bits per heavy atom. The molecule has 9 heteroatoms. The van der Waals surface area contributed by atoms with Crippen molar-refractivity contribution in [3.63, 3.8) is 0 Å². The molecule has 190 valence electrons. The van der Waals surface area contributed by atoms with Crippen molar-refractivity contribution in [3.05, 3.63) is 30.2 Å². The molecule has 2 aliphatic rings. The highest BCUT2D eigenvalue weighted by Crippen LogP contribution is 2.39. The maximum Gasteiger partial charge on any atom is 0.410 e. The lowest BCUT2D eigenvalue weighted by Gasteiger charge is -2.34. The van der Waals surface area contributed by atoms with Gasteiger partial charge >= 0.3 is 12.1 Å². The van der Waals surface area contributed by atoms with Gasteiger partial charge in [0.05, 0.1) is 12.3 Å². The van der Waals surface area contributed by atoms with Gasteiger partial charge in [-0.3, -0.25) is 9.69 Å². The number of ether oxygens (including phenoxy) is 2. The van der Waals surface area contributed by atoms with Gasteiger partial charge in [-0.15, -0.1) is 0 Å². The fourth-order valence-electron chi connectivity index (χ4n) is 5.32. The largest absolute Gasteiger partial charge is 0.461 e. The number of carbonyl (C=O) groups is 3. The first kappa shape index (κ1) is 25.0. The number of esters is 1. The van der Waals surface area contributed by atoms with E-state index in [-0.39, 0.29) is 24.1 Å². The number of nitrogens with zero attached hydrogens (tertiary/aromatic N) is 3. The lowest BCUT2D eigenvalue weighted by atomic mass is 9.76. The number of anilines is 1. The Kier molecular flexibility index (Phi) is 7.33. The third-order valence-corrected chi connectivity index (χ3v) is 6.80. The molecular formula is C26H36N4O5. The molecular weight excluding hydrogens is 448 g/mol. The second-order valence-corrected chi connectivity index (χ2v) is 10.5. The average Bonchev–Trinajstić information content (AvgIpc) is 3.43. The van der Waals surface area contributed by atoms with Gasteiger partial charge in [-0.2, -0.15) is 0 Å². The van der Waals surface area contributed by atoms with Crippen molar-refractivity contribution < 1.29 is 23.9 Å². The van der Waals surface area contributed by atoms with Gasteiger partial charge in [-0.1, -0.05) is 32.1 Å². The van der Waals surface area contributed by atoms with Crippen molar-refractivity contribution in [3.8, 4) is 0 Å². The van der Waals surface area contributed by atoms with Crippen LogP contribution < -0.4 is 5.32 Å². The van der Waals surface area contributed by atoms with Gasteiger partial charge in [0.1, 0.15) is 17.3 Å². The van der Waals surface area contributed by atoms with Crippen molar-refractivity contribution in [1.82, 2.24) is 14.3 Å². The highest BCUT2D eigenvalue weighted by Gasteiger charge is 2.46. The molecule has 0 spiro atoms. The quantitative estimate of drug-likeness (QED) is 0.620. The number of imidazole rings is 1. The number of aromatic nitrogens is 2. The number of likely N-dealkylation sites (tertiary alicyclic amines) is 1. The minimum Gasteiger partial charge on any atom is -0.461 e. The molecule has 1 aliphatic carbocycles. The lowest BCUT2D eigenvalue weighted by Crippen LogP contribution is -2.49.